The van der Waals surface area contributed by atoms with Gasteiger partial charge in [0.1, 0.15) is 7.85 Å². The lowest BCUT2D eigenvalue weighted by atomic mass is 9.61. The lowest BCUT2D eigenvalue weighted by molar-refractivity contribution is 0.0598. The molecular weight excluding hydrogens is 295 g/mol. The number of carbonyl (C=O) groups excluding carboxylic acids is 1. The third-order valence-corrected chi connectivity index (χ3v) is 6.40. The van der Waals surface area contributed by atoms with E-state index in [2.05, 4.69) is 16.8 Å². The third-order valence-electron chi connectivity index (χ3n) is 6.40. The van der Waals surface area contributed by atoms with Crippen LogP contribution in [-0.2, 0) is 6.54 Å². The van der Waals surface area contributed by atoms with E-state index in [0.717, 1.165) is 29.9 Å². The lowest BCUT2D eigenvalue weighted by Gasteiger charge is -2.46. The molecule has 2 aromatic rings. The van der Waals surface area contributed by atoms with Crippen LogP contribution in [0.1, 0.15) is 55.8 Å². The molecule has 2 radical (unpaired) electrons. The van der Waals surface area contributed by atoms with Gasteiger partial charge < -0.3 is 9.88 Å². The van der Waals surface area contributed by atoms with E-state index in [1.807, 2.05) is 24.4 Å². The van der Waals surface area contributed by atoms with E-state index in [9.17, 15) is 4.79 Å². The van der Waals surface area contributed by atoms with Crippen molar-refractivity contribution in [3.63, 3.8) is 0 Å². The lowest BCUT2D eigenvalue weighted by Crippen LogP contribution is -2.43. The second-order valence-electron chi connectivity index (χ2n) is 7.73. The van der Waals surface area contributed by atoms with Gasteiger partial charge in [-0.3, -0.25) is 4.79 Å². The Morgan fingerprint density at radius 3 is 2.67 bits per heavy atom. The van der Waals surface area contributed by atoms with Crippen LogP contribution in [0.3, 0.4) is 0 Å². The van der Waals surface area contributed by atoms with Gasteiger partial charge in [0, 0.05) is 30.2 Å². The first-order valence-electron chi connectivity index (χ1n) is 9.27. The average Bonchev–Trinajstić information content (AvgIpc) is 3.02. The summed E-state index contributed by atoms with van der Waals surface area (Å²) in [7, 11) is 6.17. The summed E-state index contributed by atoms with van der Waals surface area (Å²) in [5, 5.41) is 4.12. The maximum absolute atomic E-state index is 12.9. The number of rotatable bonds is 4. The quantitative estimate of drug-likeness (QED) is 0.863. The SMILES string of the molecule is [B]c1cccc2c1c(C(=O)NCC13CCC(CC1)CC3)cn2CC. The minimum absolute atomic E-state index is 0.0205. The van der Waals surface area contributed by atoms with Gasteiger partial charge in [0.05, 0.1) is 5.56 Å². The first-order valence-corrected chi connectivity index (χ1v) is 9.27. The molecule has 1 aromatic heterocycles. The van der Waals surface area contributed by atoms with Gasteiger partial charge in [-0.1, -0.05) is 17.6 Å². The maximum atomic E-state index is 12.9. The number of aryl methyl sites for hydroxylation is 1. The summed E-state index contributed by atoms with van der Waals surface area (Å²) < 4.78 is 2.10. The van der Waals surface area contributed by atoms with Gasteiger partial charge in [-0.05, 0) is 62.8 Å². The maximum Gasteiger partial charge on any atom is 0.253 e. The van der Waals surface area contributed by atoms with Crippen LogP contribution in [0.15, 0.2) is 24.4 Å². The van der Waals surface area contributed by atoms with Crippen molar-refractivity contribution in [2.45, 2.75) is 52.0 Å². The number of hydrogen-bond donors (Lipinski definition) is 1. The Hall–Kier alpha value is -1.71. The zero-order chi connectivity index (χ0) is 16.7. The highest BCUT2D eigenvalue weighted by atomic mass is 16.1. The topological polar surface area (TPSA) is 34.0 Å². The number of hydrogen-bond acceptors (Lipinski definition) is 1. The summed E-state index contributed by atoms with van der Waals surface area (Å²) in [5.74, 6) is 0.970. The zero-order valence-electron chi connectivity index (χ0n) is 14.5. The predicted octanol–water partition coefficient (Wildman–Crippen LogP) is 3.16. The number of nitrogens with one attached hydrogen (secondary N) is 1. The average molecular weight is 320 g/mol. The van der Waals surface area contributed by atoms with Gasteiger partial charge in [0.15, 0.2) is 0 Å². The molecule has 5 rings (SSSR count). The van der Waals surface area contributed by atoms with Crippen LogP contribution in [0, 0.1) is 11.3 Å². The highest BCUT2D eigenvalue weighted by Gasteiger charge is 2.40. The number of nitrogens with zero attached hydrogens (tertiary/aromatic N) is 1. The largest absolute Gasteiger partial charge is 0.351 e. The van der Waals surface area contributed by atoms with E-state index in [-0.39, 0.29) is 5.91 Å². The highest BCUT2D eigenvalue weighted by molar-refractivity contribution is 6.40. The first-order chi connectivity index (χ1) is 11.6. The molecule has 24 heavy (non-hydrogen) atoms. The Kier molecular flexibility index (Phi) is 3.94. The Bertz CT molecular complexity index is 758. The van der Waals surface area contributed by atoms with Crippen LogP contribution in [0.25, 0.3) is 10.9 Å². The van der Waals surface area contributed by atoms with E-state index in [0.29, 0.717) is 16.4 Å². The molecule has 124 valence electrons. The van der Waals surface area contributed by atoms with Gasteiger partial charge in [-0.15, -0.1) is 0 Å². The smallest absolute Gasteiger partial charge is 0.253 e. The molecule has 3 aliphatic rings. The monoisotopic (exact) mass is 320 g/mol. The van der Waals surface area contributed by atoms with Crippen LogP contribution in [0.2, 0.25) is 0 Å². The molecule has 0 aliphatic heterocycles. The number of amides is 1. The minimum Gasteiger partial charge on any atom is -0.351 e. The molecule has 3 saturated carbocycles. The number of benzene rings is 1. The molecule has 0 atom stereocenters. The van der Waals surface area contributed by atoms with Gasteiger partial charge in [0.2, 0.25) is 0 Å². The molecule has 1 N–H and O–H groups in total. The van der Waals surface area contributed by atoms with Crippen LogP contribution < -0.4 is 10.8 Å². The molecule has 4 heteroatoms. The minimum atomic E-state index is 0.0205. The molecular formula is C20H25BN2O. The molecule has 3 aliphatic carbocycles. The van der Waals surface area contributed by atoms with Crippen molar-refractivity contribution < 1.29 is 4.79 Å². The molecule has 1 aromatic carbocycles. The number of aromatic nitrogens is 1. The number of carbonyl (C=O) groups is 1. The summed E-state index contributed by atoms with van der Waals surface area (Å²) in [4.78, 5) is 12.9. The van der Waals surface area contributed by atoms with Crippen molar-refractivity contribution in [2.75, 3.05) is 6.54 Å². The molecule has 0 saturated heterocycles. The summed E-state index contributed by atoms with van der Waals surface area (Å²) in [6.07, 6.45) is 9.81. The van der Waals surface area contributed by atoms with E-state index in [4.69, 9.17) is 7.85 Å². The van der Waals surface area contributed by atoms with Crippen molar-refractivity contribution >= 4 is 30.1 Å². The fourth-order valence-corrected chi connectivity index (χ4v) is 4.78. The summed E-state index contributed by atoms with van der Waals surface area (Å²) >= 11 is 0. The molecule has 1 heterocycles. The standard InChI is InChI=1S/C20H25BN2O/c1-2-23-12-15(18-16(21)4-3-5-17(18)23)19(24)22-13-20-9-6-14(7-10-20)8-11-20/h3-5,12,14H,2,6-11,13H2,1H3,(H,22,24). The van der Waals surface area contributed by atoms with E-state index >= 15 is 0 Å². The predicted molar refractivity (Wildman–Crippen MR) is 99.0 cm³/mol. The van der Waals surface area contributed by atoms with E-state index in [1.54, 1.807) is 0 Å². The first kappa shape index (κ1) is 15.8. The molecule has 1 amide bonds. The van der Waals surface area contributed by atoms with Crippen LogP contribution in [-0.4, -0.2) is 24.9 Å². The molecule has 3 fully saturated rings. The van der Waals surface area contributed by atoms with Crippen molar-refractivity contribution in [1.29, 1.82) is 0 Å². The van der Waals surface area contributed by atoms with Gasteiger partial charge in [-0.25, -0.2) is 0 Å². The Morgan fingerprint density at radius 1 is 1.29 bits per heavy atom. The van der Waals surface area contributed by atoms with Gasteiger partial charge in [0.25, 0.3) is 5.91 Å². The summed E-state index contributed by atoms with van der Waals surface area (Å²) in [6.45, 7) is 3.73. The van der Waals surface area contributed by atoms with Crippen molar-refractivity contribution in [3.05, 3.63) is 30.0 Å². The van der Waals surface area contributed by atoms with Crippen LogP contribution >= 0.6 is 0 Å². The molecule has 0 spiro atoms. The molecule has 0 unspecified atom stereocenters. The van der Waals surface area contributed by atoms with E-state index in [1.165, 1.54) is 38.5 Å². The zero-order valence-corrected chi connectivity index (χ0v) is 14.5. The van der Waals surface area contributed by atoms with Crippen LogP contribution in [0.4, 0.5) is 0 Å². The highest BCUT2D eigenvalue weighted by Crippen LogP contribution is 2.49. The third kappa shape index (κ3) is 2.56. The number of fused-ring (bicyclic) bond motifs is 4. The van der Waals surface area contributed by atoms with Gasteiger partial charge in [-0.2, -0.15) is 0 Å². The molecule has 2 bridgehead atoms. The van der Waals surface area contributed by atoms with Crippen molar-refractivity contribution in [3.8, 4) is 0 Å². The fraction of sp³-hybridized carbons (Fsp3) is 0.550. The Morgan fingerprint density at radius 2 is 2.00 bits per heavy atom. The normalized spacial score (nSPS) is 26.0. The van der Waals surface area contributed by atoms with Crippen molar-refractivity contribution in [1.82, 2.24) is 9.88 Å². The summed E-state index contributed by atoms with van der Waals surface area (Å²) in [5.41, 5.74) is 2.78. The van der Waals surface area contributed by atoms with E-state index < -0.39 is 0 Å². The van der Waals surface area contributed by atoms with Crippen molar-refractivity contribution in [2.24, 2.45) is 11.3 Å². The van der Waals surface area contributed by atoms with Crippen LogP contribution in [0.5, 0.6) is 0 Å². The Labute approximate surface area is 145 Å². The summed E-state index contributed by atoms with van der Waals surface area (Å²) in [6, 6.07) is 5.86. The second kappa shape index (κ2) is 5.98. The molecule has 3 nitrogen and oxygen atoms in total. The van der Waals surface area contributed by atoms with Gasteiger partial charge >= 0.3 is 0 Å². The second-order valence-corrected chi connectivity index (χ2v) is 7.73. The Balaban J connectivity index is 1.57. The fourth-order valence-electron chi connectivity index (χ4n) is 4.78.